The van der Waals surface area contributed by atoms with Crippen molar-refractivity contribution in [2.75, 3.05) is 0 Å². The summed E-state index contributed by atoms with van der Waals surface area (Å²) in [6.45, 7) is 2.25. The van der Waals surface area contributed by atoms with Gasteiger partial charge < -0.3 is 10.2 Å². The molecule has 0 radical (unpaired) electrons. The highest BCUT2D eigenvalue weighted by Crippen LogP contribution is 2.20. The topological polar surface area (TPSA) is 74.6 Å². The Balaban J connectivity index is 2.53. The lowest BCUT2D eigenvalue weighted by Gasteiger charge is -2.13. The molecule has 0 aliphatic rings. The average molecular weight is 419 g/mol. The molecule has 0 aliphatic heterocycles. The molecule has 0 aliphatic carbocycles. The van der Waals surface area contributed by atoms with E-state index in [-0.39, 0.29) is 12.8 Å². The quantitative estimate of drug-likeness (QED) is 0.238. The van der Waals surface area contributed by atoms with Gasteiger partial charge in [0.2, 0.25) is 0 Å². The molecular formula is C26H42O4. The van der Waals surface area contributed by atoms with Crippen molar-refractivity contribution in [2.24, 2.45) is 0 Å². The number of rotatable bonds is 19. The molecule has 0 amide bonds. The minimum Gasteiger partial charge on any atom is -0.481 e. The van der Waals surface area contributed by atoms with Gasteiger partial charge in [-0.25, -0.2) is 0 Å². The first kappa shape index (κ1) is 26.2. The molecule has 0 unspecified atom stereocenters. The second-order valence-electron chi connectivity index (χ2n) is 8.53. The molecule has 4 nitrogen and oxygen atoms in total. The van der Waals surface area contributed by atoms with Crippen molar-refractivity contribution in [3.05, 3.63) is 34.9 Å². The Bertz CT molecular complexity index is 609. The summed E-state index contributed by atoms with van der Waals surface area (Å²) in [5.41, 5.74) is 4.21. The number of hydrogen-bond acceptors (Lipinski definition) is 2. The van der Waals surface area contributed by atoms with Crippen LogP contribution in [0, 0.1) is 0 Å². The molecule has 30 heavy (non-hydrogen) atoms. The van der Waals surface area contributed by atoms with Crippen molar-refractivity contribution in [1.82, 2.24) is 0 Å². The van der Waals surface area contributed by atoms with Crippen molar-refractivity contribution < 1.29 is 19.8 Å². The average Bonchev–Trinajstić information content (AvgIpc) is 2.70. The summed E-state index contributed by atoms with van der Waals surface area (Å²) in [5, 5.41) is 17.6. The van der Waals surface area contributed by atoms with Gasteiger partial charge in [-0.1, -0.05) is 70.1 Å². The van der Waals surface area contributed by atoms with E-state index in [2.05, 4.69) is 25.1 Å². The zero-order valence-corrected chi connectivity index (χ0v) is 19.0. The van der Waals surface area contributed by atoms with Crippen LogP contribution in [0.15, 0.2) is 18.2 Å². The first-order valence-electron chi connectivity index (χ1n) is 12.1. The highest BCUT2D eigenvalue weighted by Gasteiger charge is 2.06. The van der Waals surface area contributed by atoms with E-state index in [9.17, 15) is 9.59 Å². The van der Waals surface area contributed by atoms with Crippen LogP contribution in [0.5, 0.6) is 0 Å². The van der Waals surface area contributed by atoms with E-state index in [1.54, 1.807) is 0 Å². The summed E-state index contributed by atoms with van der Waals surface area (Å²) >= 11 is 0. The highest BCUT2D eigenvalue weighted by atomic mass is 16.4. The Morgan fingerprint density at radius 1 is 0.633 bits per heavy atom. The maximum absolute atomic E-state index is 10.7. The Hall–Kier alpha value is -1.84. The molecule has 0 atom stereocenters. The SMILES string of the molecule is CCCCCCCCc1ccc(CCCCCC(=O)O)c(CCCCCC(=O)O)c1. The number of carboxylic acid groups (broad SMARTS) is 2. The zero-order valence-electron chi connectivity index (χ0n) is 19.0. The maximum Gasteiger partial charge on any atom is 0.303 e. The van der Waals surface area contributed by atoms with E-state index in [0.717, 1.165) is 57.8 Å². The van der Waals surface area contributed by atoms with Crippen molar-refractivity contribution >= 4 is 11.9 Å². The van der Waals surface area contributed by atoms with Crippen molar-refractivity contribution in [3.63, 3.8) is 0 Å². The molecule has 0 spiro atoms. The first-order valence-corrected chi connectivity index (χ1v) is 12.1. The molecule has 0 aromatic heterocycles. The Labute approximate surface area is 183 Å². The predicted molar refractivity (Wildman–Crippen MR) is 123 cm³/mol. The molecular weight excluding hydrogens is 376 g/mol. The molecule has 170 valence electrons. The second kappa shape index (κ2) is 16.9. The predicted octanol–water partition coefficient (Wildman–Crippen LogP) is 6.96. The van der Waals surface area contributed by atoms with Gasteiger partial charge in [-0.15, -0.1) is 0 Å². The van der Waals surface area contributed by atoms with Gasteiger partial charge in [0.1, 0.15) is 0 Å². The molecule has 0 heterocycles. The van der Waals surface area contributed by atoms with Crippen LogP contribution in [0.25, 0.3) is 0 Å². The van der Waals surface area contributed by atoms with Gasteiger partial charge in [0.15, 0.2) is 0 Å². The summed E-state index contributed by atoms with van der Waals surface area (Å²) in [6.07, 6.45) is 17.0. The molecule has 0 saturated heterocycles. The number of hydrogen-bond donors (Lipinski definition) is 2. The van der Waals surface area contributed by atoms with Crippen molar-refractivity contribution in [2.45, 2.75) is 116 Å². The number of carboxylic acids is 2. The number of benzene rings is 1. The lowest BCUT2D eigenvalue weighted by molar-refractivity contribution is -0.138. The maximum atomic E-state index is 10.7. The third-order valence-electron chi connectivity index (χ3n) is 5.76. The third-order valence-corrected chi connectivity index (χ3v) is 5.76. The zero-order chi connectivity index (χ0) is 22.0. The molecule has 2 N–H and O–H groups in total. The largest absolute Gasteiger partial charge is 0.481 e. The van der Waals surface area contributed by atoms with Gasteiger partial charge in [0.25, 0.3) is 0 Å². The monoisotopic (exact) mass is 418 g/mol. The fraction of sp³-hybridized carbons (Fsp3) is 0.692. The summed E-state index contributed by atoms with van der Waals surface area (Å²) in [6, 6.07) is 6.92. The van der Waals surface area contributed by atoms with E-state index in [0.29, 0.717) is 0 Å². The molecule has 1 aromatic carbocycles. The normalized spacial score (nSPS) is 11.0. The standard InChI is InChI=1S/C26H42O4/c1-2-3-4-5-6-9-14-22-19-20-23(15-10-7-12-17-25(27)28)24(21-22)16-11-8-13-18-26(29)30/h19-21H,2-18H2,1H3,(H,27,28)(H,29,30). The van der Waals surface area contributed by atoms with Crippen LogP contribution in [0.1, 0.15) is 114 Å². The van der Waals surface area contributed by atoms with Gasteiger partial charge in [-0.05, 0) is 68.1 Å². The van der Waals surface area contributed by atoms with Gasteiger partial charge in [-0.2, -0.15) is 0 Å². The summed E-state index contributed by atoms with van der Waals surface area (Å²) in [4.78, 5) is 21.4. The van der Waals surface area contributed by atoms with E-state index in [1.807, 2.05) is 0 Å². The third kappa shape index (κ3) is 13.4. The highest BCUT2D eigenvalue weighted by molar-refractivity contribution is 5.66. The minimum absolute atomic E-state index is 0.258. The fourth-order valence-electron chi connectivity index (χ4n) is 3.96. The number of unbranched alkanes of at least 4 members (excludes halogenated alkanes) is 9. The lowest BCUT2D eigenvalue weighted by atomic mass is 9.93. The summed E-state index contributed by atoms with van der Waals surface area (Å²) < 4.78 is 0. The van der Waals surface area contributed by atoms with Gasteiger partial charge in [-0.3, -0.25) is 9.59 Å². The Morgan fingerprint density at radius 2 is 1.13 bits per heavy atom. The molecule has 0 saturated carbocycles. The van der Waals surface area contributed by atoms with E-state index < -0.39 is 11.9 Å². The van der Waals surface area contributed by atoms with Crippen LogP contribution in [-0.4, -0.2) is 22.2 Å². The van der Waals surface area contributed by atoms with Crippen LogP contribution in [0.4, 0.5) is 0 Å². The molecule has 1 aromatic rings. The van der Waals surface area contributed by atoms with Crippen LogP contribution in [0.2, 0.25) is 0 Å². The van der Waals surface area contributed by atoms with Crippen LogP contribution in [0.3, 0.4) is 0 Å². The first-order chi connectivity index (χ1) is 14.5. The smallest absolute Gasteiger partial charge is 0.303 e. The van der Waals surface area contributed by atoms with E-state index in [1.165, 1.54) is 55.2 Å². The molecule has 4 heteroatoms. The number of aliphatic carboxylic acids is 2. The summed E-state index contributed by atoms with van der Waals surface area (Å²) in [5.74, 6) is -1.42. The van der Waals surface area contributed by atoms with Crippen LogP contribution >= 0.6 is 0 Å². The number of carbonyl (C=O) groups is 2. The summed E-state index contributed by atoms with van der Waals surface area (Å²) in [7, 11) is 0. The fourth-order valence-corrected chi connectivity index (χ4v) is 3.96. The Morgan fingerprint density at radius 3 is 1.73 bits per heavy atom. The minimum atomic E-state index is -0.712. The Kier molecular flexibility index (Phi) is 14.8. The van der Waals surface area contributed by atoms with E-state index >= 15 is 0 Å². The molecule has 0 bridgehead atoms. The van der Waals surface area contributed by atoms with Crippen molar-refractivity contribution in [1.29, 1.82) is 0 Å². The van der Waals surface area contributed by atoms with Gasteiger partial charge in [0, 0.05) is 12.8 Å². The van der Waals surface area contributed by atoms with E-state index in [4.69, 9.17) is 10.2 Å². The van der Waals surface area contributed by atoms with Crippen molar-refractivity contribution in [3.8, 4) is 0 Å². The van der Waals surface area contributed by atoms with Crippen LogP contribution in [-0.2, 0) is 28.9 Å². The second-order valence-corrected chi connectivity index (χ2v) is 8.53. The van der Waals surface area contributed by atoms with Gasteiger partial charge in [0.05, 0.1) is 0 Å². The van der Waals surface area contributed by atoms with Crippen LogP contribution < -0.4 is 0 Å². The number of aryl methyl sites for hydroxylation is 3. The lowest BCUT2D eigenvalue weighted by Crippen LogP contribution is -2.00. The molecule has 0 fully saturated rings. The van der Waals surface area contributed by atoms with Gasteiger partial charge >= 0.3 is 11.9 Å². The molecule has 1 rings (SSSR count).